The fourth-order valence-corrected chi connectivity index (χ4v) is 2.83. The van der Waals surface area contributed by atoms with Crippen molar-refractivity contribution in [1.29, 1.82) is 0 Å². The fraction of sp³-hybridized carbons (Fsp3) is 0.300. The smallest absolute Gasteiger partial charge is 0.181 e. The van der Waals surface area contributed by atoms with Gasteiger partial charge in [0.2, 0.25) is 0 Å². The van der Waals surface area contributed by atoms with Crippen LogP contribution in [0.5, 0.6) is 23.0 Å². The lowest BCUT2D eigenvalue weighted by atomic mass is 10.1. The lowest BCUT2D eigenvalue weighted by molar-refractivity contribution is 0.310. The predicted octanol–water partition coefficient (Wildman–Crippen LogP) is 2.94. The van der Waals surface area contributed by atoms with E-state index in [1.165, 1.54) is 0 Å². The highest BCUT2D eigenvalue weighted by Crippen LogP contribution is 2.33. The molecule has 0 amide bonds. The second kappa shape index (κ2) is 8.62. The minimum absolute atomic E-state index is 0.494. The predicted molar refractivity (Wildman–Crippen MR) is 105 cm³/mol. The van der Waals surface area contributed by atoms with Crippen LogP contribution in [0.2, 0.25) is 0 Å². The van der Waals surface area contributed by atoms with Gasteiger partial charge in [0.1, 0.15) is 5.82 Å². The van der Waals surface area contributed by atoms with E-state index >= 15 is 0 Å². The van der Waals surface area contributed by atoms with E-state index in [1.807, 2.05) is 37.3 Å². The first kappa shape index (κ1) is 19.5. The molecule has 3 rings (SSSR count). The molecular formula is C20H24N4O4. The minimum atomic E-state index is -0.494. The van der Waals surface area contributed by atoms with Crippen LogP contribution < -0.4 is 24.7 Å². The Kier molecular flexibility index (Phi) is 6.00. The van der Waals surface area contributed by atoms with Crippen LogP contribution in [0, 0.1) is 0 Å². The Hall–Kier alpha value is -3.26. The van der Waals surface area contributed by atoms with E-state index in [1.54, 1.807) is 27.4 Å². The van der Waals surface area contributed by atoms with Crippen molar-refractivity contribution in [2.75, 3.05) is 27.9 Å². The van der Waals surface area contributed by atoms with Gasteiger partial charge in [0, 0.05) is 5.56 Å². The third-order valence-electron chi connectivity index (χ3n) is 4.29. The second-order valence-electron chi connectivity index (χ2n) is 5.94. The molecule has 8 heteroatoms. The Morgan fingerprint density at radius 3 is 2.29 bits per heavy atom. The molecule has 3 N–H and O–H groups in total. The van der Waals surface area contributed by atoms with Gasteiger partial charge in [-0.05, 0) is 42.8 Å². The SMILES string of the molecule is CCOc1ccc(C(N)c2nc(-c3ccc(OC)c(OC)c3)n[nH]2)cc1OC. The van der Waals surface area contributed by atoms with Gasteiger partial charge in [-0.25, -0.2) is 4.98 Å². The summed E-state index contributed by atoms with van der Waals surface area (Å²) in [4.78, 5) is 4.54. The zero-order valence-corrected chi connectivity index (χ0v) is 16.4. The molecule has 1 aromatic heterocycles. The van der Waals surface area contributed by atoms with Crippen molar-refractivity contribution >= 4 is 0 Å². The largest absolute Gasteiger partial charge is 0.493 e. The van der Waals surface area contributed by atoms with Crippen LogP contribution in [0.4, 0.5) is 0 Å². The van der Waals surface area contributed by atoms with Gasteiger partial charge in [0.05, 0.1) is 34.0 Å². The molecule has 0 saturated heterocycles. The molecular weight excluding hydrogens is 360 g/mol. The highest BCUT2D eigenvalue weighted by Gasteiger charge is 2.18. The van der Waals surface area contributed by atoms with Crippen molar-refractivity contribution in [3.8, 4) is 34.4 Å². The minimum Gasteiger partial charge on any atom is -0.493 e. The highest BCUT2D eigenvalue weighted by molar-refractivity contribution is 5.61. The number of nitrogens with one attached hydrogen (secondary N) is 1. The molecule has 0 fully saturated rings. The molecule has 8 nitrogen and oxygen atoms in total. The number of hydrogen-bond donors (Lipinski definition) is 2. The van der Waals surface area contributed by atoms with Crippen molar-refractivity contribution in [1.82, 2.24) is 15.2 Å². The standard InChI is InChI=1S/C20H24N4O4/c1-5-28-15-9-6-12(10-17(15)27-4)18(21)20-22-19(23-24-20)13-7-8-14(25-2)16(11-13)26-3/h6-11,18H,5,21H2,1-4H3,(H,22,23,24). The van der Waals surface area contributed by atoms with Gasteiger partial charge in [0.15, 0.2) is 28.8 Å². The molecule has 2 aromatic carbocycles. The van der Waals surface area contributed by atoms with E-state index in [0.29, 0.717) is 41.3 Å². The number of H-pyrrole nitrogens is 1. The lowest BCUT2D eigenvalue weighted by Gasteiger charge is -2.13. The van der Waals surface area contributed by atoms with Gasteiger partial charge in [-0.2, -0.15) is 5.10 Å². The first-order valence-electron chi connectivity index (χ1n) is 8.82. The van der Waals surface area contributed by atoms with E-state index in [2.05, 4.69) is 15.2 Å². The van der Waals surface area contributed by atoms with E-state index in [0.717, 1.165) is 11.1 Å². The second-order valence-corrected chi connectivity index (χ2v) is 5.94. The normalized spacial score (nSPS) is 11.8. The first-order valence-corrected chi connectivity index (χ1v) is 8.82. The summed E-state index contributed by atoms with van der Waals surface area (Å²) in [7, 11) is 4.77. The van der Waals surface area contributed by atoms with E-state index in [4.69, 9.17) is 24.7 Å². The Morgan fingerprint density at radius 1 is 0.929 bits per heavy atom. The fourth-order valence-electron chi connectivity index (χ4n) is 2.83. The molecule has 1 unspecified atom stereocenters. The summed E-state index contributed by atoms with van der Waals surface area (Å²) in [5, 5.41) is 7.20. The number of aromatic nitrogens is 3. The van der Waals surface area contributed by atoms with Crippen LogP contribution in [-0.2, 0) is 0 Å². The number of aromatic amines is 1. The lowest BCUT2D eigenvalue weighted by Crippen LogP contribution is -2.14. The zero-order valence-electron chi connectivity index (χ0n) is 16.4. The summed E-state index contributed by atoms with van der Waals surface area (Å²) in [6, 6.07) is 10.6. The number of benzene rings is 2. The van der Waals surface area contributed by atoms with Crippen molar-refractivity contribution in [2.24, 2.45) is 5.73 Å². The quantitative estimate of drug-likeness (QED) is 0.615. The van der Waals surface area contributed by atoms with Crippen LogP contribution >= 0.6 is 0 Å². The Labute approximate surface area is 163 Å². The third kappa shape index (κ3) is 3.86. The average Bonchev–Trinajstić information content (AvgIpc) is 3.23. The van der Waals surface area contributed by atoms with Crippen molar-refractivity contribution in [3.63, 3.8) is 0 Å². The molecule has 3 aromatic rings. The summed E-state index contributed by atoms with van der Waals surface area (Å²) < 4.78 is 21.5. The summed E-state index contributed by atoms with van der Waals surface area (Å²) in [6.45, 7) is 2.47. The van der Waals surface area contributed by atoms with Crippen LogP contribution in [0.25, 0.3) is 11.4 Å². The molecule has 0 saturated carbocycles. The monoisotopic (exact) mass is 384 g/mol. The number of rotatable bonds is 8. The number of ether oxygens (including phenoxy) is 4. The number of nitrogens with zero attached hydrogens (tertiary/aromatic N) is 2. The van der Waals surface area contributed by atoms with Gasteiger partial charge in [-0.15, -0.1) is 0 Å². The number of nitrogens with two attached hydrogens (primary N) is 1. The summed E-state index contributed by atoms with van der Waals surface area (Å²) in [6.07, 6.45) is 0. The Bertz CT molecular complexity index is 942. The molecule has 28 heavy (non-hydrogen) atoms. The molecule has 0 bridgehead atoms. The summed E-state index contributed by atoms with van der Waals surface area (Å²) in [5.74, 6) is 3.59. The van der Waals surface area contributed by atoms with Gasteiger partial charge in [-0.1, -0.05) is 6.07 Å². The molecule has 0 aliphatic carbocycles. The maximum atomic E-state index is 6.38. The van der Waals surface area contributed by atoms with Gasteiger partial charge >= 0.3 is 0 Å². The summed E-state index contributed by atoms with van der Waals surface area (Å²) in [5.41, 5.74) is 8.00. The molecule has 0 aliphatic rings. The maximum absolute atomic E-state index is 6.38. The van der Waals surface area contributed by atoms with E-state index < -0.39 is 6.04 Å². The van der Waals surface area contributed by atoms with Gasteiger partial charge < -0.3 is 24.7 Å². The number of hydrogen-bond acceptors (Lipinski definition) is 7. The molecule has 148 valence electrons. The number of methoxy groups -OCH3 is 3. The molecule has 1 atom stereocenters. The van der Waals surface area contributed by atoms with Crippen molar-refractivity contribution in [2.45, 2.75) is 13.0 Å². The first-order chi connectivity index (χ1) is 13.6. The van der Waals surface area contributed by atoms with Gasteiger partial charge in [0.25, 0.3) is 0 Å². The van der Waals surface area contributed by atoms with Crippen LogP contribution in [-0.4, -0.2) is 43.1 Å². The van der Waals surface area contributed by atoms with E-state index in [9.17, 15) is 0 Å². The molecule has 1 heterocycles. The van der Waals surface area contributed by atoms with Crippen LogP contribution in [0.1, 0.15) is 24.4 Å². The topological polar surface area (TPSA) is 105 Å². The highest BCUT2D eigenvalue weighted by atomic mass is 16.5. The Morgan fingerprint density at radius 2 is 1.61 bits per heavy atom. The van der Waals surface area contributed by atoms with Crippen LogP contribution in [0.15, 0.2) is 36.4 Å². The Balaban J connectivity index is 1.87. The van der Waals surface area contributed by atoms with Crippen molar-refractivity contribution in [3.05, 3.63) is 47.8 Å². The van der Waals surface area contributed by atoms with Gasteiger partial charge in [-0.3, -0.25) is 5.10 Å². The molecule has 0 radical (unpaired) electrons. The molecule has 0 spiro atoms. The van der Waals surface area contributed by atoms with Crippen molar-refractivity contribution < 1.29 is 18.9 Å². The van der Waals surface area contributed by atoms with Crippen LogP contribution in [0.3, 0.4) is 0 Å². The molecule has 0 aliphatic heterocycles. The average molecular weight is 384 g/mol. The third-order valence-corrected chi connectivity index (χ3v) is 4.29. The van der Waals surface area contributed by atoms with E-state index in [-0.39, 0.29) is 0 Å². The zero-order chi connectivity index (χ0) is 20.1. The maximum Gasteiger partial charge on any atom is 0.181 e. The summed E-state index contributed by atoms with van der Waals surface area (Å²) >= 11 is 0.